The zero-order valence-electron chi connectivity index (χ0n) is 8.26. The normalized spacial score (nSPS) is 10.5. The van der Waals surface area contributed by atoms with Gasteiger partial charge in [-0.3, -0.25) is 4.98 Å². The molecule has 0 unspecified atom stereocenters. The molecule has 2 aromatic rings. The van der Waals surface area contributed by atoms with Crippen LogP contribution >= 0.6 is 15.9 Å². The summed E-state index contributed by atoms with van der Waals surface area (Å²) in [6.07, 6.45) is 2.71. The summed E-state index contributed by atoms with van der Waals surface area (Å²) in [7, 11) is 0. The maximum atomic E-state index is 4.22. The van der Waals surface area contributed by atoms with E-state index in [1.165, 1.54) is 0 Å². The van der Waals surface area contributed by atoms with Crippen molar-refractivity contribution in [2.45, 2.75) is 19.9 Å². The average Bonchev–Trinajstić information content (AvgIpc) is 2.68. The third-order valence-corrected chi connectivity index (χ3v) is 2.30. The Bertz CT molecular complexity index is 436. The van der Waals surface area contributed by atoms with Crippen LogP contribution in [-0.4, -0.2) is 25.2 Å². The van der Waals surface area contributed by atoms with Crippen molar-refractivity contribution in [3.05, 3.63) is 22.8 Å². The monoisotopic (exact) mass is 267 g/mol. The van der Waals surface area contributed by atoms with Crippen LogP contribution in [0.4, 0.5) is 0 Å². The molecule has 0 aliphatic heterocycles. The van der Waals surface area contributed by atoms with Crippen LogP contribution in [0.3, 0.4) is 0 Å². The summed E-state index contributed by atoms with van der Waals surface area (Å²) in [6.45, 7) is 2.85. The maximum Gasteiger partial charge on any atom is 0.223 e. The van der Waals surface area contributed by atoms with Gasteiger partial charge in [-0.15, -0.1) is 10.2 Å². The number of nitrogens with zero attached hydrogens (tertiary/aromatic N) is 5. The van der Waals surface area contributed by atoms with E-state index in [2.05, 4.69) is 43.2 Å². The van der Waals surface area contributed by atoms with Crippen LogP contribution in [-0.2, 0) is 6.54 Å². The van der Waals surface area contributed by atoms with Crippen molar-refractivity contribution in [1.29, 1.82) is 0 Å². The van der Waals surface area contributed by atoms with Crippen molar-refractivity contribution < 1.29 is 0 Å². The highest BCUT2D eigenvalue weighted by molar-refractivity contribution is 9.10. The summed E-state index contributed by atoms with van der Waals surface area (Å²) in [5.41, 5.74) is 0.737. The molecule has 0 amide bonds. The maximum absolute atomic E-state index is 4.22. The van der Waals surface area contributed by atoms with Crippen LogP contribution in [0.15, 0.2) is 22.8 Å². The highest BCUT2D eigenvalue weighted by atomic mass is 79.9. The molecule has 2 aromatic heterocycles. The highest BCUT2D eigenvalue weighted by Gasteiger charge is 2.05. The number of aromatic nitrogens is 5. The second-order valence-corrected chi connectivity index (χ2v) is 3.99. The molecule has 0 saturated heterocycles. The van der Waals surface area contributed by atoms with Gasteiger partial charge in [-0.1, -0.05) is 6.92 Å². The van der Waals surface area contributed by atoms with Crippen LogP contribution in [0.5, 0.6) is 0 Å². The lowest BCUT2D eigenvalue weighted by Gasteiger charge is -1.93. The first-order chi connectivity index (χ1) is 7.29. The second kappa shape index (κ2) is 4.48. The zero-order valence-corrected chi connectivity index (χ0v) is 9.85. The van der Waals surface area contributed by atoms with Crippen molar-refractivity contribution in [2.75, 3.05) is 0 Å². The van der Waals surface area contributed by atoms with E-state index in [-0.39, 0.29) is 0 Å². The Hall–Kier alpha value is -1.30. The Labute approximate surface area is 95.7 Å². The fraction of sp³-hybridized carbons (Fsp3) is 0.333. The van der Waals surface area contributed by atoms with Crippen LogP contribution in [0.1, 0.15) is 13.3 Å². The molecular weight excluding hydrogens is 258 g/mol. The molecule has 15 heavy (non-hydrogen) atoms. The van der Waals surface area contributed by atoms with Crippen LogP contribution in [0, 0.1) is 0 Å². The molecule has 2 rings (SSSR count). The molecule has 2 heterocycles. The number of hydrogen-bond acceptors (Lipinski definition) is 4. The quantitative estimate of drug-likeness (QED) is 0.853. The van der Waals surface area contributed by atoms with Crippen molar-refractivity contribution in [2.24, 2.45) is 0 Å². The Balaban J connectivity index is 2.25. The highest BCUT2D eigenvalue weighted by Crippen LogP contribution is 2.13. The predicted octanol–water partition coefficient (Wildman–Crippen LogP) is 1.91. The van der Waals surface area contributed by atoms with Gasteiger partial charge in [0.05, 0.1) is 6.54 Å². The van der Waals surface area contributed by atoms with Gasteiger partial charge in [0.25, 0.3) is 0 Å². The van der Waals surface area contributed by atoms with Gasteiger partial charge in [-0.05, 0) is 39.7 Å². The van der Waals surface area contributed by atoms with Gasteiger partial charge in [0.15, 0.2) is 0 Å². The lowest BCUT2D eigenvalue weighted by Crippen LogP contribution is -2.01. The molecule has 0 atom stereocenters. The number of pyridine rings is 1. The molecule has 0 bridgehead atoms. The van der Waals surface area contributed by atoms with Gasteiger partial charge in [0.1, 0.15) is 5.69 Å². The van der Waals surface area contributed by atoms with Crippen LogP contribution in [0.25, 0.3) is 11.5 Å². The van der Waals surface area contributed by atoms with Gasteiger partial charge in [0.2, 0.25) is 5.82 Å². The van der Waals surface area contributed by atoms with Crippen molar-refractivity contribution in [1.82, 2.24) is 25.2 Å². The Morgan fingerprint density at radius 3 is 2.93 bits per heavy atom. The average molecular weight is 268 g/mol. The lowest BCUT2D eigenvalue weighted by molar-refractivity contribution is 0.515. The lowest BCUT2D eigenvalue weighted by atomic mass is 10.3. The number of halogens is 1. The molecule has 0 aromatic carbocycles. The van der Waals surface area contributed by atoms with Gasteiger partial charge in [0, 0.05) is 10.7 Å². The first-order valence-corrected chi connectivity index (χ1v) is 5.48. The Morgan fingerprint density at radius 2 is 2.27 bits per heavy atom. The number of tetrazole rings is 1. The van der Waals surface area contributed by atoms with Crippen molar-refractivity contribution in [3.63, 3.8) is 0 Å². The SMILES string of the molecule is CCCn1nnc(-c2ccc(Br)cn2)n1. The van der Waals surface area contributed by atoms with E-state index in [0.717, 1.165) is 23.1 Å². The molecule has 0 N–H and O–H groups in total. The van der Waals surface area contributed by atoms with Gasteiger partial charge >= 0.3 is 0 Å². The summed E-state index contributed by atoms with van der Waals surface area (Å²) >= 11 is 3.32. The molecule has 0 spiro atoms. The number of rotatable bonds is 3. The first kappa shape index (κ1) is 10.2. The second-order valence-electron chi connectivity index (χ2n) is 3.07. The molecule has 0 saturated carbocycles. The van der Waals surface area contributed by atoms with E-state index in [9.17, 15) is 0 Å². The first-order valence-electron chi connectivity index (χ1n) is 4.69. The summed E-state index contributed by atoms with van der Waals surface area (Å²) in [5.74, 6) is 0.566. The van der Waals surface area contributed by atoms with E-state index in [0.29, 0.717) is 5.82 Å². The third-order valence-electron chi connectivity index (χ3n) is 1.83. The molecule has 0 fully saturated rings. The molecule has 5 nitrogen and oxygen atoms in total. The molecule has 6 heteroatoms. The smallest absolute Gasteiger partial charge is 0.223 e. The molecule has 0 aliphatic carbocycles. The summed E-state index contributed by atoms with van der Waals surface area (Å²) in [4.78, 5) is 5.78. The number of hydrogen-bond donors (Lipinski definition) is 0. The van der Waals surface area contributed by atoms with E-state index in [1.807, 2.05) is 12.1 Å². The Kier molecular flexibility index (Phi) is 3.05. The fourth-order valence-corrected chi connectivity index (χ4v) is 1.38. The molecule has 78 valence electrons. The third kappa shape index (κ3) is 2.38. The molecular formula is C9H10BrN5. The van der Waals surface area contributed by atoms with E-state index >= 15 is 0 Å². The van der Waals surface area contributed by atoms with Gasteiger partial charge in [-0.2, -0.15) is 4.80 Å². The fourth-order valence-electron chi connectivity index (χ4n) is 1.15. The zero-order chi connectivity index (χ0) is 10.7. The van der Waals surface area contributed by atoms with Crippen molar-refractivity contribution in [3.8, 4) is 11.5 Å². The summed E-state index contributed by atoms with van der Waals surface area (Å²) in [5, 5.41) is 12.1. The largest absolute Gasteiger partial charge is 0.252 e. The number of aryl methyl sites for hydroxylation is 1. The minimum atomic E-state index is 0.566. The van der Waals surface area contributed by atoms with Gasteiger partial charge < -0.3 is 0 Å². The van der Waals surface area contributed by atoms with E-state index in [1.54, 1.807) is 11.0 Å². The molecule has 0 aliphatic rings. The van der Waals surface area contributed by atoms with Gasteiger partial charge in [-0.25, -0.2) is 0 Å². The minimum Gasteiger partial charge on any atom is -0.252 e. The van der Waals surface area contributed by atoms with E-state index < -0.39 is 0 Å². The summed E-state index contributed by atoms with van der Waals surface area (Å²) in [6, 6.07) is 3.76. The topological polar surface area (TPSA) is 56.5 Å². The van der Waals surface area contributed by atoms with Crippen molar-refractivity contribution >= 4 is 15.9 Å². The predicted molar refractivity (Wildman–Crippen MR) is 59.0 cm³/mol. The van der Waals surface area contributed by atoms with Crippen LogP contribution < -0.4 is 0 Å². The molecule has 0 radical (unpaired) electrons. The van der Waals surface area contributed by atoms with E-state index in [4.69, 9.17) is 0 Å². The minimum absolute atomic E-state index is 0.566. The van der Waals surface area contributed by atoms with Crippen LogP contribution in [0.2, 0.25) is 0 Å². The Morgan fingerprint density at radius 1 is 1.40 bits per heavy atom. The standard InChI is InChI=1S/C9H10BrN5/c1-2-5-15-13-9(12-14-15)8-4-3-7(10)6-11-8/h3-4,6H,2,5H2,1H3. The summed E-state index contributed by atoms with van der Waals surface area (Å²) < 4.78 is 0.937.